The molecule has 3 heterocycles. The highest BCUT2D eigenvalue weighted by atomic mass is 79.9. The van der Waals surface area contributed by atoms with Crippen LogP contribution in [-0.2, 0) is 0 Å². The lowest BCUT2D eigenvalue weighted by molar-refractivity contribution is 0.114. The Kier molecular flexibility index (Phi) is 9.46. The number of rotatable bonds is 9. The van der Waals surface area contributed by atoms with Gasteiger partial charge in [-0.05, 0) is 71.8 Å². The van der Waals surface area contributed by atoms with Gasteiger partial charge in [-0.15, -0.1) is 0 Å². The third-order valence-electron chi connectivity index (χ3n) is 9.25. The standard InChI is InChI=1S/C37H38Br2N6O3/c1-23-29-18-24(38)8-11-32(29)45(33-12-9-25(39)19-30(23)33)22-27(46)21-43-14-16-44(17-15-43)37-41-31-7-5-4-6-28(31)36(42-37)40-26-10-13-34(47-2)35(20-26)48-3/h4-13,18-20,23,27,46H,14-17,21-22H2,1-3H3,(H,40,41,42). The summed E-state index contributed by atoms with van der Waals surface area (Å²) < 4.78 is 13.0. The summed E-state index contributed by atoms with van der Waals surface area (Å²) in [6.45, 7) is 6.47. The lowest BCUT2D eigenvalue weighted by Gasteiger charge is -2.39. The van der Waals surface area contributed by atoms with Crippen molar-refractivity contribution in [3.63, 3.8) is 0 Å². The maximum atomic E-state index is 11.5. The number of aliphatic hydroxyl groups is 1. The lowest BCUT2D eigenvalue weighted by Crippen LogP contribution is -2.50. The Morgan fingerprint density at radius 1 is 0.812 bits per heavy atom. The molecule has 9 nitrogen and oxygen atoms in total. The van der Waals surface area contributed by atoms with Crippen LogP contribution >= 0.6 is 31.9 Å². The molecule has 48 heavy (non-hydrogen) atoms. The molecule has 0 amide bonds. The second-order valence-electron chi connectivity index (χ2n) is 12.3. The Balaban J connectivity index is 1.05. The number of ether oxygens (including phenoxy) is 2. The summed E-state index contributed by atoms with van der Waals surface area (Å²) in [6.07, 6.45) is -0.535. The number of benzene rings is 4. The maximum absolute atomic E-state index is 11.5. The molecule has 2 aliphatic rings. The van der Waals surface area contributed by atoms with Crippen LogP contribution in [0, 0.1) is 0 Å². The Bertz CT molecular complexity index is 1900. The Hall–Kier alpha value is -3.90. The minimum absolute atomic E-state index is 0.249. The molecule has 1 saturated heterocycles. The number of methoxy groups -OCH3 is 2. The number of hydrogen-bond donors (Lipinski definition) is 2. The largest absolute Gasteiger partial charge is 0.493 e. The topological polar surface area (TPSA) is 86.2 Å². The van der Waals surface area contributed by atoms with Crippen LogP contribution in [-0.4, -0.2) is 79.6 Å². The minimum Gasteiger partial charge on any atom is -0.493 e. The monoisotopic (exact) mass is 772 g/mol. The third-order valence-corrected chi connectivity index (χ3v) is 10.2. The maximum Gasteiger partial charge on any atom is 0.227 e. The van der Waals surface area contributed by atoms with E-state index >= 15 is 0 Å². The zero-order chi connectivity index (χ0) is 33.4. The molecule has 0 radical (unpaired) electrons. The number of anilines is 5. The van der Waals surface area contributed by atoms with E-state index in [0.29, 0.717) is 30.5 Å². The number of para-hydroxylation sites is 1. The van der Waals surface area contributed by atoms with Crippen LogP contribution in [0.25, 0.3) is 10.9 Å². The van der Waals surface area contributed by atoms with E-state index in [-0.39, 0.29) is 5.92 Å². The molecular formula is C37H38Br2N6O3. The van der Waals surface area contributed by atoms with E-state index in [1.807, 2.05) is 42.5 Å². The summed E-state index contributed by atoms with van der Waals surface area (Å²) in [4.78, 5) is 16.8. The van der Waals surface area contributed by atoms with Crippen LogP contribution in [0.3, 0.4) is 0 Å². The molecule has 11 heteroatoms. The molecule has 1 atom stereocenters. The average Bonchev–Trinajstić information content (AvgIpc) is 3.10. The zero-order valence-corrected chi connectivity index (χ0v) is 30.3. The number of aliphatic hydroxyl groups excluding tert-OH is 1. The Morgan fingerprint density at radius 2 is 1.48 bits per heavy atom. The second-order valence-corrected chi connectivity index (χ2v) is 14.1. The first kappa shape index (κ1) is 32.6. The van der Waals surface area contributed by atoms with Crippen molar-refractivity contribution in [2.75, 3.05) is 68.6 Å². The molecule has 0 bridgehead atoms. The number of β-amino-alcohol motifs (C(OH)–C–C–N with tert-alkyl or cyclic N) is 1. The van der Waals surface area contributed by atoms with Gasteiger partial charge in [-0.25, -0.2) is 4.98 Å². The summed E-state index contributed by atoms with van der Waals surface area (Å²) in [5.41, 5.74) is 6.52. The molecule has 0 spiro atoms. The van der Waals surface area contributed by atoms with Gasteiger partial charge < -0.3 is 29.7 Å². The van der Waals surface area contributed by atoms with E-state index in [0.717, 1.165) is 68.9 Å². The number of nitrogens with one attached hydrogen (secondary N) is 1. The lowest BCUT2D eigenvalue weighted by atomic mass is 9.86. The normalized spacial score (nSPS) is 15.6. The van der Waals surface area contributed by atoms with Crippen LogP contribution in [0.4, 0.5) is 28.8 Å². The van der Waals surface area contributed by atoms with Gasteiger partial charge in [0.1, 0.15) is 5.82 Å². The van der Waals surface area contributed by atoms with Crippen molar-refractivity contribution in [1.29, 1.82) is 0 Å². The van der Waals surface area contributed by atoms with Crippen LogP contribution in [0.15, 0.2) is 87.8 Å². The number of aromatic nitrogens is 2. The molecule has 4 aromatic carbocycles. The molecule has 2 N–H and O–H groups in total. The predicted octanol–water partition coefficient (Wildman–Crippen LogP) is 7.70. The highest BCUT2D eigenvalue weighted by Gasteiger charge is 2.30. The third kappa shape index (κ3) is 6.56. The summed E-state index contributed by atoms with van der Waals surface area (Å²) in [7, 11) is 3.25. The van der Waals surface area contributed by atoms with E-state index in [4.69, 9.17) is 19.4 Å². The molecule has 248 valence electrons. The SMILES string of the molecule is COc1ccc(Nc2nc(N3CCN(CC(O)CN4c5ccc(Br)cc5C(C)c5cc(Br)ccc54)CC3)nc3ccccc23)cc1OC. The summed E-state index contributed by atoms with van der Waals surface area (Å²) in [5, 5.41) is 15.9. The molecule has 1 aromatic heterocycles. The fraction of sp³-hybridized carbons (Fsp3) is 0.297. The van der Waals surface area contributed by atoms with Crippen molar-refractivity contribution in [3.05, 3.63) is 98.9 Å². The molecule has 1 fully saturated rings. The van der Waals surface area contributed by atoms with Crippen molar-refractivity contribution in [2.24, 2.45) is 0 Å². The first-order valence-electron chi connectivity index (χ1n) is 16.1. The molecule has 1 unspecified atom stereocenters. The quantitative estimate of drug-likeness (QED) is 0.157. The van der Waals surface area contributed by atoms with Crippen LogP contribution in [0.2, 0.25) is 0 Å². The fourth-order valence-corrected chi connectivity index (χ4v) is 7.54. The highest BCUT2D eigenvalue weighted by Crippen LogP contribution is 2.47. The van der Waals surface area contributed by atoms with Crippen molar-refractivity contribution < 1.29 is 14.6 Å². The molecule has 5 aromatic rings. The Morgan fingerprint density at radius 3 is 2.15 bits per heavy atom. The number of fused-ring (bicyclic) bond motifs is 3. The number of halogens is 2. The van der Waals surface area contributed by atoms with Gasteiger partial charge >= 0.3 is 0 Å². The predicted molar refractivity (Wildman–Crippen MR) is 200 cm³/mol. The zero-order valence-electron chi connectivity index (χ0n) is 27.2. The molecule has 0 saturated carbocycles. The van der Waals surface area contributed by atoms with Gasteiger partial charge in [0, 0.05) is 76.1 Å². The van der Waals surface area contributed by atoms with Gasteiger partial charge in [0.2, 0.25) is 5.95 Å². The molecule has 7 rings (SSSR count). The van der Waals surface area contributed by atoms with Crippen molar-refractivity contribution in [3.8, 4) is 11.5 Å². The number of piperazine rings is 1. The fourth-order valence-electron chi connectivity index (χ4n) is 6.78. The number of nitrogens with zero attached hydrogens (tertiary/aromatic N) is 5. The molecule has 2 aliphatic heterocycles. The van der Waals surface area contributed by atoms with Gasteiger partial charge in [-0.1, -0.05) is 50.9 Å². The van der Waals surface area contributed by atoms with E-state index < -0.39 is 6.10 Å². The van der Waals surface area contributed by atoms with E-state index in [2.05, 4.69) is 95.2 Å². The smallest absolute Gasteiger partial charge is 0.227 e. The Labute approximate surface area is 297 Å². The van der Waals surface area contributed by atoms with Gasteiger partial charge in [0.15, 0.2) is 11.5 Å². The molecular weight excluding hydrogens is 736 g/mol. The van der Waals surface area contributed by atoms with Gasteiger partial charge in [0.05, 0.1) is 32.4 Å². The second kappa shape index (κ2) is 13.9. The van der Waals surface area contributed by atoms with Gasteiger partial charge in [-0.2, -0.15) is 4.98 Å². The van der Waals surface area contributed by atoms with E-state index in [9.17, 15) is 5.11 Å². The first-order valence-corrected chi connectivity index (χ1v) is 17.7. The van der Waals surface area contributed by atoms with Crippen molar-refractivity contribution in [2.45, 2.75) is 18.9 Å². The van der Waals surface area contributed by atoms with Crippen LogP contribution in [0.1, 0.15) is 24.0 Å². The van der Waals surface area contributed by atoms with Gasteiger partial charge in [-0.3, -0.25) is 4.90 Å². The molecule has 0 aliphatic carbocycles. The summed E-state index contributed by atoms with van der Waals surface area (Å²) in [6, 6.07) is 26.6. The van der Waals surface area contributed by atoms with Crippen LogP contribution in [0.5, 0.6) is 11.5 Å². The average molecular weight is 775 g/mol. The van der Waals surface area contributed by atoms with Crippen LogP contribution < -0.4 is 24.6 Å². The van der Waals surface area contributed by atoms with Gasteiger partial charge in [0.25, 0.3) is 0 Å². The van der Waals surface area contributed by atoms with E-state index in [1.165, 1.54) is 11.1 Å². The highest BCUT2D eigenvalue weighted by molar-refractivity contribution is 9.10. The summed E-state index contributed by atoms with van der Waals surface area (Å²) in [5.74, 6) is 2.98. The van der Waals surface area contributed by atoms with Crippen molar-refractivity contribution >= 4 is 71.6 Å². The number of hydrogen-bond acceptors (Lipinski definition) is 9. The van der Waals surface area contributed by atoms with Crippen molar-refractivity contribution in [1.82, 2.24) is 14.9 Å². The summed E-state index contributed by atoms with van der Waals surface area (Å²) >= 11 is 7.32. The minimum atomic E-state index is -0.535. The van der Waals surface area contributed by atoms with E-state index in [1.54, 1.807) is 14.2 Å². The first-order chi connectivity index (χ1) is 23.3.